The number of para-hydroxylation sites is 1. The zero-order valence-corrected chi connectivity index (χ0v) is 12.1. The smallest absolute Gasteiger partial charge is 0.230 e. The van der Waals surface area contributed by atoms with Gasteiger partial charge in [0.25, 0.3) is 0 Å². The lowest BCUT2D eigenvalue weighted by Crippen LogP contribution is -2.43. The highest BCUT2D eigenvalue weighted by atomic mass is 35.5. The highest BCUT2D eigenvalue weighted by Gasteiger charge is 2.32. The molecule has 1 aromatic rings. The summed E-state index contributed by atoms with van der Waals surface area (Å²) in [6, 6.07) is 8.75. The fourth-order valence-electron chi connectivity index (χ4n) is 3.14. The molecule has 0 unspecified atom stereocenters. The van der Waals surface area contributed by atoms with Crippen LogP contribution >= 0.6 is 12.4 Å². The Labute approximate surface area is 120 Å². The van der Waals surface area contributed by atoms with Gasteiger partial charge in [-0.05, 0) is 44.4 Å². The van der Waals surface area contributed by atoms with Gasteiger partial charge in [-0.1, -0.05) is 18.2 Å². The van der Waals surface area contributed by atoms with Crippen molar-refractivity contribution in [3.05, 3.63) is 29.8 Å². The molecule has 19 heavy (non-hydrogen) atoms. The van der Waals surface area contributed by atoms with Gasteiger partial charge in [0, 0.05) is 24.2 Å². The molecule has 0 aliphatic carbocycles. The second-order valence-electron chi connectivity index (χ2n) is 5.45. The minimum absolute atomic E-state index is 0. The van der Waals surface area contributed by atoms with Crippen LogP contribution in [0.2, 0.25) is 0 Å². The number of anilines is 1. The number of nitrogens with one attached hydrogen (secondary N) is 1. The Morgan fingerprint density at radius 1 is 1.37 bits per heavy atom. The van der Waals surface area contributed by atoms with Crippen LogP contribution in [-0.2, 0) is 11.2 Å². The zero-order chi connectivity index (χ0) is 12.5. The molecule has 2 aliphatic rings. The molecule has 1 amide bonds. The number of hydrogen-bond acceptors (Lipinski definition) is 2. The van der Waals surface area contributed by atoms with Crippen molar-refractivity contribution in [2.24, 2.45) is 5.92 Å². The number of rotatable bonds is 1. The molecule has 4 heteroatoms. The van der Waals surface area contributed by atoms with Crippen molar-refractivity contribution >= 4 is 24.0 Å². The van der Waals surface area contributed by atoms with Crippen LogP contribution in [0.1, 0.15) is 25.3 Å². The van der Waals surface area contributed by atoms with Crippen LogP contribution in [0.5, 0.6) is 0 Å². The third kappa shape index (κ3) is 2.77. The number of piperidine rings is 1. The maximum atomic E-state index is 12.6. The molecule has 2 heterocycles. The third-order valence-corrected chi connectivity index (χ3v) is 4.13. The molecule has 1 N–H and O–H groups in total. The molecule has 1 fully saturated rings. The van der Waals surface area contributed by atoms with Crippen molar-refractivity contribution in [3.63, 3.8) is 0 Å². The van der Waals surface area contributed by atoms with E-state index in [1.54, 1.807) is 0 Å². The van der Waals surface area contributed by atoms with Crippen LogP contribution < -0.4 is 10.2 Å². The summed E-state index contributed by atoms with van der Waals surface area (Å²) in [5.41, 5.74) is 2.45. The number of fused-ring (bicyclic) bond motifs is 1. The Bertz CT molecular complexity index is 463. The van der Waals surface area contributed by atoms with Gasteiger partial charge >= 0.3 is 0 Å². The fourth-order valence-corrected chi connectivity index (χ4v) is 3.14. The predicted octanol–water partition coefficient (Wildman–Crippen LogP) is 2.39. The summed E-state index contributed by atoms with van der Waals surface area (Å²) < 4.78 is 0. The van der Waals surface area contributed by atoms with Crippen LogP contribution in [0.4, 0.5) is 5.69 Å². The van der Waals surface area contributed by atoms with Gasteiger partial charge in [-0.15, -0.1) is 12.4 Å². The first-order valence-corrected chi connectivity index (χ1v) is 6.88. The SMILES string of the molecule is C[C@H]1C[C@@H](C(=O)N2CCc3ccccc32)CCN1.Cl. The molecule has 0 spiro atoms. The number of amides is 1. The highest BCUT2D eigenvalue weighted by molar-refractivity contribution is 5.97. The Hall–Kier alpha value is -1.06. The summed E-state index contributed by atoms with van der Waals surface area (Å²) >= 11 is 0. The van der Waals surface area contributed by atoms with Gasteiger partial charge in [0.1, 0.15) is 0 Å². The van der Waals surface area contributed by atoms with Gasteiger partial charge in [0.2, 0.25) is 5.91 Å². The van der Waals surface area contributed by atoms with Crippen molar-refractivity contribution in [2.45, 2.75) is 32.2 Å². The van der Waals surface area contributed by atoms with E-state index in [2.05, 4.69) is 30.4 Å². The summed E-state index contributed by atoms with van der Waals surface area (Å²) in [4.78, 5) is 14.6. The van der Waals surface area contributed by atoms with Gasteiger partial charge < -0.3 is 10.2 Å². The lowest BCUT2D eigenvalue weighted by Gasteiger charge is -2.30. The number of halogens is 1. The average molecular weight is 281 g/mol. The second kappa shape index (κ2) is 5.93. The van der Waals surface area contributed by atoms with Crippen molar-refractivity contribution < 1.29 is 4.79 Å². The quantitative estimate of drug-likeness (QED) is 0.857. The normalized spacial score (nSPS) is 25.6. The second-order valence-corrected chi connectivity index (χ2v) is 5.45. The fraction of sp³-hybridized carbons (Fsp3) is 0.533. The van der Waals surface area contributed by atoms with E-state index in [1.165, 1.54) is 5.56 Å². The van der Waals surface area contributed by atoms with E-state index in [4.69, 9.17) is 0 Å². The summed E-state index contributed by atoms with van der Waals surface area (Å²) in [7, 11) is 0. The number of benzene rings is 1. The molecule has 3 rings (SSSR count). The molecule has 104 valence electrons. The lowest BCUT2D eigenvalue weighted by atomic mass is 9.92. The number of nitrogens with zero attached hydrogens (tertiary/aromatic N) is 1. The average Bonchev–Trinajstić information content (AvgIpc) is 2.82. The maximum Gasteiger partial charge on any atom is 0.230 e. The van der Waals surface area contributed by atoms with E-state index < -0.39 is 0 Å². The molecule has 1 aromatic carbocycles. The van der Waals surface area contributed by atoms with E-state index in [0.29, 0.717) is 11.9 Å². The van der Waals surface area contributed by atoms with Gasteiger partial charge in [-0.2, -0.15) is 0 Å². The molecule has 0 aromatic heterocycles. The molecular formula is C15H21ClN2O. The largest absolute Gasteiger partial charge is 0.314 e. The van der Waals surface area contributed by atoms with Crippen molar-refractivity contribution in [3.8, 4) is 0 Å². The van der Waals surface area contributed by atoms with E-state index in [1.807, 2.05) is 11.0 Å². The number of hydrogen-bond donors (Lipinski definition) is 1. The Kier molecular flexibility index (Phi) is 4.48. The van der Waals surface area contributed by atoms with E-state index >= 15 is 0 Å². The summed E-state index contributed by atoms with van der Waals surface area (Å²) in [6.07, 6.45) is 2.95. The predicted molar refractivity (Wildman–Crippen MR) is 79.9 cm³/mol. The lowest BCUT2D eigenvalue weighted by molar-refractivity contribution is -0.123. The molecule has 0 bridgehead atoms. The van der Waals surface area contributed by atoms with Gasteiger partial charge in [-0.25, -0.2) is 0 Å². The van der Waals surface area contributed by atoms with Gasteiger partial charge in [0.05, 0.1) is 0 Å². The molecule has 0 saturated carbocycles. The Morgan fingerprint density at radius 2 is 2.16 bits per heavy atom. The van der Waals surface area contributed by atoms with Crippen molar-refractivity contribution in [1.29, 1.82) is 0 Å². The first-order chi connectivity index (χ1) is 8.75. The third-order valence-electron chi connectivity index (χ3n) is 4.13. The first kappa shape index (κ1) is 14.4. The molecule has 2 aliphatic heterocycles. The molecule has 3 nitrogen and oxygen atoms in total. The van der Waals surface area contributed by atoms with Crippen LogP contribution in [0.3, 0.4) is 0 Å². The molecule has 2 atom stereocenters. The van der Waals surface area contributed by atoms with Gasteiger partial charge in [-0.3, -0.25) is 4.79 Å². The molecule has 1 saturated heterocycles. The zero-order valence-electron chi connectivity index (χ0n) is 11.3. The molecule has 0 radical (unpaired) electrons. The summed E-state index contributed by atoms with van der Waals surface area (Å²) in [5.74, 6) is 0.528. The highest BCUT2D eigenvalue weighted by Crippen LogP contribution is 2.30. The number of carbonyl (C=O) groups excluding carboxylic acids is 1. The van der Waals surface area contributed by atoms with Crippen LogP contribution in [0.15, 0.2) is 24.3 Å². The standard InChI is InChI=1S/C15H20N2O.ClH/c1-11-10-13(6-8-16-11)15(18)17-9-7-12-4-2-3-5-14(12)17;/h2-5,11,13,16H,6-10H2,1H3;1H/t11-,13-;/m0./s1. The van der Waals surface area contributed by atoms with Crippen LogP contribution in [0.25, 0.3) is 0 Å². The monoisotopic (exact) mass is 280 g/mol. The topological polar surface area (TPSA) is 32.3 Å². The minimum Gasteiger partial charge on any atom is -0.314 e. The minimum atomic E-state index is 0. The van der Waals surface area contributed by atoms with E-state index in [0.717, 1.165) is 38.0 Å². The van der Waals surface area contributed by atoms with Gasteiger partial charge in [0.15, 0.2) is 0 Å². The number of carbonyl (C=O) groups is 1. The maximum absolute atomic E-state index is 12.6. The Morgan fingerprint density at radius 3 is 2.95 bits per heavy atom. The first-order valence-electron chi connectivity index (χ1n) is 6.88. The van der Waals surface area contributed by atoms with Crippen LogP contribution in [0, 0.1) is 5.92 Å². The van der Waals surface area contributed by atoms with Crippen molar-refractivity contribution in [1.82, 2.24) is 5.32 Å². The van der Waals surface area contributed by atoms with E-state index in [-0.39, 0.29) is 18.3 Å². The van der Waals surface area contributed by atoms with Crippen LogP contribution in [-0.4, -0.2) is 25.0 Å². The Balaban J connectivity index is 0.00000133. The van der Waals surface area contributed by atoms with E-state index in [9.17, 15) is 4.79 Å². The van der Waals surface area contributed by atoms with Crippen molar-refractivity contribution in [2.75, 3.05) is 18.0 Å². The summed E-state index contributed by atoms with van der Waals surface area (Å²) in [6.45, 7) is 3.99. The summed E-state index contributed by atoms with van der Waals surface area (Å²) in [5, 5.41) is 3.41. The molecular weight excluding hydrogens is 260 g/mol.